The first-order chi connectivity index (χ1) is 17.3. The van der Waals surface area contributed by atoms with Crippen LogP contribution < -0.4 is 39.4 Å². The van der Waals surface area contributed by atoms with Crippen molar-refractivity contribution in [1.82, 2.24) is 4.98 Å². The molecule has 0 unspecified atom stereocenters. The summed E-state index contributed by atoms with van der Waals surface area (Å²) < 4.78 is 34.1. The quantitative estimate of drug-likeness (QED) is 0.365. The van der Waals surface area contributed by atoms with E-state index in [1.807, 2.05) is 32.0 Å². The Balaban J connectivity index is 0.000000293. The summed E-state index contributed by atoms with van der Waals surface area (Å²) in [6.07, 6.45) is 4.70. The number of hydrogen-bond donors (Lipinski definition) is 0. The van der Waals surface area contributed by atoms with Gasteiger partial charge in [0.1, 0.15) is 5.75 Å². The van der Waals surface area contributed by atoms with Crippen molar-refractivity contribution in [2.75, 3.05) is 7.11 Å². The van der Waals surface area contributed by atoms with Crippen LogP contribution in [0.4, 0.5) is 8.78 Å². The van der Waals surface area contributed by atoms with E-state index in [1.54, 1.807) is 23.5 Å². The van der Waals surface area contributed by atoms with Crippen LogP contribution in [0.5, 0.6) is 5.75 Å². The third-order valence-electron chi connectivity index (χ3n) is 6.49. The predicted molar refractivity (Wildman–Crippen MR) is 137 cm³/mol. The number of carbonyl (C=O) groups is 1. The number of halogens is 2. The van der Waals surface area contributed by atoms with E-state index < -0.39 is 12.6 Å². The second-order valence-corrected chi connectivity index (χ2v) is 9.91. The Morgan fingerprint density at radius 3 is 2.43 bits per heavy atom. The number of hydrogen-bond acceptors (Lipinski definition) is 6. The number of thiophene rings is 1. The summed E-state index contributed by atoms with van der Waals surface area (Å²) in [5.41, 5.74) is 3.36. The van der Waals surface area contributed by atoms with E-state index in [-0.39, 0.29) is 41.2 Å². The van der Waals surface area contributed by atoms with E-state index >= 15 is 0 Å². The molecular formula is C28H28F2NNaO4S. The van der Waals surface area contributed by atoms with Crippen LogP contribution in [0.1, 0.15) is 53.6 Å². The minimum atomic E-state index is -2.58. The van der Waals surface area contributed by atoms with Gasteiger partial charge in [0.25, 0.3) is 0 Å². The van der Waals surface area contributed by atoms with Crippen LogP contribution in [0.15, 0.2) is 42.5 Å². The van der Waals surface area contributed by atoms with Gasteiger partial charge < -0.3 is 19.4 Å². The van der Waals surface area contributed by atoms with E-state index in [1.165, 1.54) is 13.5 Å². The molecule has 0 radical (unpaired) electrons. The van der Waals surface area contributed by atoms with E-state index in [4.69, 9.17) is 9.72 Å². The molecule has 2 aromatic heterocycles. The normalized spacial score (nSPS) is 13.8. The van der Waals surface area contributed by atoms with Crippen molar-refractivity contribution < 1.29 is 57.7 Å². The number of aromatic nitrogens is 1. The van der Waals surface area contributed by atoms with Crippen LogP contribution >= 0.6 is 11.3 Å². The van der Waals surface area contributed by atoms with Gasteiger partial charge in [-0.1, -0.05) is 43.5 Å². The van der Waals surface area contributed by atoms with Crippen LogP contribution in [0.3, 0.4) is 0 Å². The maximum atomic E-state index is 11.8. The first-order valence-corrected chi connectivity index (χ1v) is 12.7. The Hall–Kier alpha value is -2.10. The third-order valence-corrected chi connectivity index (χ3v) is 7.78. The number of methoxy groups -OCH3 is 1. The minimum Gasteiger partial charge on any atom is -0.545 e. The zero-order valence-corrected chi connectivity index (χ0v) is 24.3. The molecule has 0 N–H and O–H groups in total. The molecule has 1 aliphatic carbocycles. The molecule has 37 heavy (non-hydrogen) atoms. The van der Waals surface area contributed by atoms with Gasteiger partial charge in [0.15, 0.2) is 0 Å². The van der Waals surface area contributed by atoms with Crippen molar-refractivity contribution in [3.63, 3.8) is 0 Å². The fraction of sp³-hybridized carbons (Fsp3) is 0.357. The molecule has 0 saturated heterocycles. The van der Waals surface area contributed by atoms with Gasteiger partial charge in [-0.3, -0.25) is 0 Å². The SMILES string of the molecule is COc1ccc(C)c2nc(-c3sc4ccccc4c3C)cc(C(=O)[O-])c12.FC(F)OC1CCCCC1.[Na+]. The first kappa shape index (κ1) is 29.5. The van der Waals surface area contributed by atoms with Crippen LogP contribution in [0.25, 0.3) is 31.6 Å². The van der Waals surface area contributed by atoms with Gasteiger partial charge in [0.05, 0.1) is 40.7 Å². The molecule has 0 atom stereocenters. The summed E-state index contributed by atoms with van der Waals surface area (Å²) in [5.74, 6) is -0.752. The fourth-order valence-corrected chi connectivity index (χ4v) is 5.83. The van der Waals surface area contributed by atoms with Crippen LogP contribution in [0.2, 0.25) is 0 Å². The van der Waals surface area contributed by atoms with E-state index in [0.29, 0.717) is 22.3 Å². The summed E-state index contributed by atoms with van der Waals surface area (Å²) >= 11 is 1.61. The number of fused-ring (bicyclic) bond motifs is 2. The molecule has 0 amide bonds. The Kier molecular flexibility index (Phi) is 10.4. The molecule has 190 valence electrons. The molecule has 5 rings (SSSR count). The van der Waals surface area contributed by atoms with Crippen molar-refractivity contribution in [2.24, 2.45) is 0 Å². The summed E-state index contributed by atoms with van der Waals surface area (Å²) in [4.78, 5) is 17.6. The number of pyridine rings is 1. The molecule has 1 aliphatic rings. The number of carboxylic acid groups (broad SMARTS) is 1. The van der Waals surface area contributed by atoms with E-state index in [9.17, 15) is 18.7 Å². The molecule has 9 heteroatoms. The number of ether oxygens (including phenoxy) is 2. The predicted octanol–water partition coefficient (Wildman–Crippen LogP) is 3.67. The van der Waals surface area contributed by atoms with Crippen LogP contribution in [-0.2, 0) is 4.74 Å². The summed E-state index contributed by atoms with van der Waals surface area (Å²) in [7, 11) is 1.52. The zero-order valence-electron chi connectivity index (χ0n) is 21.5. The largest absolute Gasteiger partial charge is 1.00 e. The average Bonchev–Trinajstić information content (AvgIpc) is 3.21. The van der Waals surface area contributed by atoms with E-state index in [2.05, 4.69) is 16.9 Å². The third kappa shape index (κ3) is 6.67. The average molecular weight is 536 g/mol. The molecule has 1 fully saturated rings. The van der Waals surface area contributed by atoms with Gasteiger partial charge in [0.2, 0.25) is 0 Å². The van der Waals surface area contributed by atoms with Crippen molar-refractivity contribution in [2.45, 2.75) is 58.7 Å². The van der Waals surface area contributed by atoms with Gasteiger partial charge in [0, 0.05) is 10.3 Å². The number of rotatable bonds is 5. The minimum absolute atomic E-state index is 0. The number of aryl methyl sites for hydroxylation is 2. The van der Waals surface area contributed by atoms with Crippen molar-refractivity contribution in [1.29, 1.82) is 0 Å². The number of carbonyl (C=O) groups excluding carboxylic acids is 1. The van der Waals surface area contributed by atoms with Gasteiger partial charge in [-0.15, -0.1) is 11.3 Å². The summed E-state index contributed by atoms with van der Waals surface area (Å²) in [6, 6.07) is 13.4. The second kappa shape index (κ2) is 13.1. The van der Waals surface area contributed by atoms with Crippen molar-refractivity contribution >= 4 is 38.3 Å². The van der Waals surface area contributed by atoms with Crippen LogP contribution in [-0.4, -0.2) is 30.8 Å². The van der Waals surface area contributed by atoms with E-state index in [0.717, 1.165) is 51.8 Å². The molecule has 4 aromatic rings. The molecule has 2 heterocycles. The molecule has 0 bridgehead atoms. The maximum absolute atomic E-state index is 11.8. The van der Waals surface area contributed by atoms with Gasteiger partial charge in [-0.2, -0.15) is 8.78 Å². The van der Waals surface area contributed by atoms with Gasteiger partial charge >= 0.3 is 36.2 Å². The first-order valence-electron chi connectivity index (χ1n) is 11.9. The number of nitrogens with zero attached hydrogens (tertiary/aromatic N) is 1. The molecule has 2 aromatic carbocycles. The molecule has 1 saturated carbocycles. The summed E-state index contributed by atoms with van der Waals surface area (Å²) in [6.45, 7) is 1.37. The monoisotopic (exact) mass is 535 g/mol. The Bertz CT molecular complexity index is 1390. The summed E-state index contributed by atoms with van der Waals surface area (Å²) in [5, 5.41) is 13.5. The Labute approximate surface area is 241 Å². The van der Waals surface area contributed by atoms with Crippen LogP contribution in [0, 0.1) is 13.8 Å². The smallest absolute Gasteiger partial charge is 0.545 e. The maximum Gasteiger partial charge on any atom is 1.00 e. The molecular weight excluding hydrogens is 507 g/mol. The van der Waals surface area contributed by atoms with Crippen molar-refractivity contribution in [3.05, 3.63) is 59.2 Å². The fourth-order valence-electron chi connectivity index (χ4n) is 4.66. The number of carboxylic acids is 1. The Morgan fingerprint density at radius 2 is 1.81 bits per heavy atom. The number of benzene rings is 2. The second-order valence-electron chi connectivity index (χ2n) is 8.86. The number of aromatic carboxylic acids is 1. The topological polar surface area (TPSA) is 71.5 Å². The standard InChI is InChI=1S/C21H17NO3S.C7H12F2O.Na/c1-11-8-9-16(25-3)18-14(21(23)24)10-15(22-19(11)18)20-12(2)13-6-4-5-7-17(13)26-20;8-7(9)10-6-4-2-1-3-5-6;/h4-10H,1-3H3,(H,23,24);6-7H,1-5H2;/q;;+1/p-1. The molecule has 0 spiro atoms. The van der Waals surface area contributed by atoms with Gasteiger partial charge in [-0.25, -0.2) is 4.98 Å². The Morgan fingerprint density at radius 1 is 1.11 bits per heavy atom. The van der Waals surface area contributed by atoms with Gasteiger partial charge in [-0.05, 0) is 61.4 Å². The molecule has 5 nitrogen and oxygen atoms in total. The molecule has 0 aliphatic heterocycles. The van der Waals surface area contributed by atoms with Crippen molar-refractivity contribution in [3.8, 4) is 16.3 Å². The zero-order chi connectivity index (χ0) is 25.8. The number of alkyl halides is 2.